The van der Waals surface area contributed by atoms with Crippen LogP contribution in [-0.2, 0) is 13.0 Å². The molecule has 3 heterocycles. The molecule has 7 nitrogen and oxygen atoms in total. The Labute approximate surface area is 123 Å². The molecule has 0 unspecified atom stereocenters. The molecule has 1 N–H and O–H groups in total. The fourth-order valence-corrected chi connectivity index (χ4v) is 3.25. The number of carbonyl (C=O) groups is 1. The van der Waals surface area contributed by atoms with Gasteiger partial charge in [0.15, 0.2) is 5.69 Å². The van der Waals surface area contributed by atoms with Crippen LogP contribution < -0.4 is 4.90 Å². The molecule has 21 heavy (non-hydrogen) atoms. The lowest BCUT2D eigenvalue weighted by Crippen LogP contribution is -2.31. The quantitative estimate of drug-likeness (QED) is 0.690. The van der Waals surface area contributed by atoms with Crippen molar-refractivity contribution in [1.29, 1.82) is 0 Å². The molecule has 0 atom stereocenters. The Morgan fingerprint density at radius 1 is 1.43 bits per heavy atom. The van der Waals surface area contributed by atoms with Crippen molar-refractivity contribution in [3.63, 3.8) is 0 Å². The fraction of sp³-hybridized carbons (Fsp3) is 0.231. The summed E-state index contributed by atoms with van der Waals surface area (Å²) in [7, 11) is 0. The van der Waals surface area contributed by atoms with Gasteiger partial charge in [-0.15, -0.1) is 11.3 Å². The molecule has 1 aliphatic heterocycles. The zero-order valence-electron chi connectivity index (χ0n) is 10.9. The second-order valence-corrected chi connectivity index (χ2v) is 5.64. The Hall–Kier alpha value is -2.48. The number of hydrogen-bond acceptors (Lipinski definition) is 6. The molecule has 8 heteroatoms. The van der Waals surface area contributed by atoms with Crippen LogP contribution in [0.1, 0.15) is 20.9 Å². The average molecular weight is 305 g/mol. The van der Waals surface area contributed by atoms with Crippen LogP contribution in [0.4, 0.5) is 11.5 Å². The van der Waals surface area contributed by atoms with Gasteiger partial charge in [0.25, 0.3) is 0 Å². The molecule has 3 rings (SSSR count). The van der Waals surface area contributed by atoms with Crippen molar-refractivity contribution in [3.8, 4) is 0 Å². The van der Waals surface area contributed by atoms with Gasteiger partial charge in [-0.05, 0) is 29.5 Å². The largest absolute Gasteiger partial charge is 0.477 e. The molecule has 0 bridgehead atoms. The molecule has 0 amide bonds. The number of thiophene rings is 1. The first-order valence-electron chi connectivity index (χ1n) is 6.25. The highest BCUT2D eigenvalue weighted by atomic mass is 32.1. The van der Waals surface area contributed by atoms with Gasteiger partial charge in [-0.3, -0.25) is 10.1 Å². The van der Waals surface area contributed by atoms with Crippen LogP contribution in [0.25, 0.3) is 0 Å². The van der Waals surface area contributed by atoms with E-state index >= 15 is 0 Å². The molecule has 0 aromatic carbocycles. The maximum Gasteiger partial charge on any atom is 0.354 e. The van der Waals surface area contributed by atoms with E-state index in [1.54, 1.807) is 16.2 Å². The van der Waals surface area contributed by atoms with Gasteiger partial charge in [0, 0.05) is 24.0 Å². The lowest BCUT2D eigenvalue weighted by atomic mass is 10.1. The van der Waals surface area contributed by atoms with Crippen molar-refractivity contribution >= 4 is 28.8 Å². The van der Waals surface area contributed by atoms with Crippen molar-refractivity contribution in [3.05, 3.63) is 49.8 Å². The monoisotopic (exact) mass is 305 g/mol. The average Bonchev–Trinajstić information content (AvgIpc) is 2.93. The molecule has 0 saturated heterocycles. The van der Waals surface area contributed by atoms with E-state index in [0.717, 1.165) is 18.1 Å². The van der Waals surface area contributed by atoms with E-state index in [1.807, 2.05) is 11.4 Å². The number of aromatic nitrogens is 1. The number of anilines is 1. The molecular formula is C13H11N3O4S. The molecular weight excluding hydrogens is 294 g/mol. The minimum atomic E-state index is -1.20. The van der Waals surface area contributed by atoms with Crippen LogP contribution in [0.2, 0.25) is 0 Å². The minimum absolute atomic E-state index is 0.122. The number of hydrogen-bond donors (Lipinski definition) is 1. The fourth-order valence-electron chi connectivity index (χ4n) is 2.36. The lowest BCUT2D eigenvalue weighted by Gasteiger charge is -2.27. The Kier molecular flexibility index (Phi) is 3.30. The van der Waals surface area contributed by atoms with Crippen LogP contribution >= 0.6 is 11.3 Å². The molecule has 0 aliphatic carbocycles. The van der Waals surface area contributed by atoms with Gasteiger partial charge in [0.2, 0.25) is 5.82 Å². The second kappa shape index (κ2) is 5.13. The predicted molar refractivity (Wildman–Crippen MR) is 76.9 cm³/mol. The van der Waals surface area contributed by atoms with Gasteiger partial charge < -0.3 is 10.0 Å². The maximum atomic E-state index is 11.1. The summed E-state index contributed by atoms with van der Waals surface area (Å²) in [6, 6.07) is 4.35. The molecule has 0 saturated carbocycles. The van der Waals surface area contributed by atoms with Crippen molar-refractivity contribution in [1.82, 2.24) is 4.98 Å². The Bertz CT molecular complexity index is 728. The standard InChI is InChI=1S/C13H11N3O4S/c17-13(18)9-1-2-10(16(19)20)12(14-9)15-5-3-11-8(7-15)4-6-21-11/h1-2,4,6H,3,5,7H2,(H,17,18). The van der Waals surface area contributed by atoms with Crippen molar-refractivity contribution in [2.75, 3.05) is 11.4 Å². The summed E-state index contributed by atoms with van der Waals surface area (Å²) in [6.45, 7) is 1.10. The smallest absolute Gasteiger partial charge is 0.354 e. The van der Waals surface area contributed by atoms with Gasteiger partial charge in [0.1, 0.15) is 0 Å². The summed E-state index contributed by atoms with van der Waals surface area (Å²) in [5, 5.41) is 22.1. The van der Waals surface area contributed by atoms with E-state index < -0.39 is 10.9 Å². The highest BCUT2D eigenvalue weighted by Gasteiger charge is 2.26. The van der Waals surface area contributed by atoms with E-state index in [2.05, 4.69) is 4.98 Å². The summed E-state index contributed by atoms with van der Waals surface area (Å²) in [5.41, 5.74) is 0.758. The molecule has 1 aliphatic rings. The molecule has 0 radical (unpaired) electrons. The van der Waals surface area contributed by atoms with E-state index in [9.17, 15) is 14.9 Å². The number of nitro groups is 1. The third-order valence-corrected chi connectivity index (χ3v) is 4.40. The van der Waals surface area contributed by atoms with E-state index in [0.29, 0.717) is 13.1 Å². The molecule has 0 spiro atoms. The zero-order chi connectivity index (χ0) is 15.0. The third kappa shape index (κ3) is 2.45. The van der Waals surface area contributed by atoms with E-state index in [1.165, 1.54) is 10.9 Å². The number of pyridine rings is 1. The first-order valence-corrected chi connectivity index (χ1v) is 7.13. The van der Waals surface area contributed by atoms with Gasteiger partial charge in [0.05, 0.1) is 4.92 Å². The van der Waals surface area contributed by atoms with Gasteiger partial charge in [-0.2, -0.15) is 0 Å². The first kappa shape index (κ1) is 13.5. The highest BCUT2D eigenvalue weighted by Crippen LogP contribution is 2.32. The Morgan fingerprint density at radius 2 is 2.24 bits per heavy atom. The van der Waals surface area contributed by atoms with Crippen LogP contribution in [-0.4, -0.2) is 27.5 Å². The van der Waals surface area contributed by atoms with E-state index in [-0.39, 0.29) is 17.2 Å². The summed E-state index contributed by atoms with van der Waals surface area (Å²) >= 11 is 1.67. The topological polar surface area (TPSA) is 96.6 Å². The Balaban J connectivity index is 2.02. The Morgan fingerprint density at radius 3 is 2.95 bits per heavy atom. The summed E-state index contributed by atoms with van der Waals surface area (Å²) in [6.07, 6.45) is 0.781. The predicted octanol–water partition coefficient (Wildman–Crippen LogP) is 2.31. The maximum absolute atomic E-state index is 11.1. The number of carboxylic acids is 1. The van der Waals surface area contributed by atoms with Crippen molar-refractivity contribution in [2.45, 2.75) is 13.0 Å². The van der Waals surface area contributed by atoms with E-state index in [4.69, 9.17) is 5.11 Å². The lowest BCUT2D eigenvalue weighted by molar-refractivity contribution is -0.384. The number of rotatable bonds is 3. The number of carboxylic acid groups (broad SMARTS) is 1. The number of nitrogens with zero attached hydrogens (tertiary/aromatic N) is 3. The minimum Gasteiger partial charge on any atom is -0.477 e. The SMILES string of the molecule is O=C(O)c1ccc([N+](=O)[O-])c(N2CCc3sccc3C2)n1. The first-order chi connectivity index (χ1) is 10.1. The van der Waals surface area contributed by atoms with Crippen molar-refractivity contribution in [2.24, 2.45) is 0 Å². The zero-order valence-corrected chi connectivity index (χ0v) is 11.7. The summed E-state index contributed by atoms with van der Waals surface area (Å²) < 4.78 is 0. The van der Waals surface area contributed by atoms with Crippen LogP contribution in [0.5, 0.6) is 0 Å². The molecule has 0 fully saturated rings. The normalized spacial score (nSPS) is 13.8. The summed E-state index contributed by atoms with van der Waals surface area (Å²) in [5.74, 6) is -1.07. The van der Waals surface area contributed by atoms with Gasteiger partial charge >= 0.3 is 11.7 Å². The van der Waals surface area contributed by atoms with Crippen LogP contribution in [0.15, 0.2) is 23.6 Å². The number of aromatic carboxylic acids is 1. The van der Waals surface area contributed by atoms with Gasteiger partial charge in [-0.25, -0.2) is 9.78 Å². The molecule has 108 valence electrons. The van der Waals surface area contributed by atoms with Crippen molar-refractivity contribution < 1.29 is 14.8 Å². The molecule has 2 aromatic rings. The second-order valence-electron chi connectivity index (χ2n) is 4.64. The summed E-state index contributed by atoms with van der Waals surface area (Å²) in [4.78, 5) is 28.6. The van der Waals surface area contributed by atoms with Gasteiger partial charge in [-0.1, -0.05) is 0 Å². The molecule has 2 aromatic heterocycles. The highest BCUT2D eigenvalue weighted by molar-refractivity contribution is 7.10. The van der Waals surface area contributed by atoms with Crippen LogP contribution in [0, 0.1) is 10.1 Å². The van der Waals surface area contributed by atoms with Crippen LogP contribution in [0.3, 0.4) is 0 Å². The number of fused-ring (bicyclic) bond motifs is 1. The third-order valence-electron chi connectivity index (χ3n) is 3.38.